The molecule has 2 aromatic carbocycles. The number of esters is 1. The summed E-state index contributed by atoms with van der Waals surface area (Å²) in [6.45, 7) is 3.47. The highest BCUT2D eigenvalue weighted by atomic mass is 16.5. The number of nitriles is 1. The Balaban J connectivity index is 2.15. The number of pyridine rings is 1. The Morgan fingerprint density at radius 2 is 1.93 bits per heavy atom. The van der Waals surface area contributed by atoms with Crippen LogP contribution in [-0.4, -0.2) is 23.3 Å². The minimum Gasteiger partial charge on any atom is -0.462 e. The van der Waals surface area contributed by atoms with Gasteiger partial charge in [-0.1, -0.05) is 12.1 Å². The third kappa shape index (κ3) is 3.62. The lowest BCUT2D eigenvalue weighted by Crippen LogP contribution is -2.09. The molecule has 6 nitrogen and oxygen atoms in total. The Kier molecular flexibility index (Phi) is 5.13. The molecule has 1 aromatic heterocycles. The highest BCUT2D eigenvalue weighted by Gasteiger charge is 2.18. The zero-order chi connectivity index (χ0) is 19.4. The van der Waals surface area contributed by atoms with Gasteiger partial charge in [0.1, 0.15) is 11.6 Å². The molecular formula is C21H17N3O3. The van der Waals surface area contributed by atoms with Crippen molar-refractivity contribution < 1.29 is 14.3 Å². The number of ketones is 1. The van der Waals surface area contributed by atoms with Crippen LogP contribution in [0.2, 0.25) is 0 Å². The van der Waals surface area contributed by atoms with Crippen LogP contribution in [0.5, 0.6) is 0 Å². The van der Waals surface area contributed by atoms with E-state index in [0.29, 0.717) is 33.4 Å². The molecule has 0 amide bonds. The van der Waals surface area contributed by atoms with E-state index in [0.717, 1.165) is 0 Å². The van der Waals surface area contributed by atoms with Gasteiger partial charge in [-0.2, -0.15) is 5.26 Å². The zero-order valence-corrected chi connectivity index (χ0v) is 14.9. The van der Waals surface area contributed by atoms with Crippen molar-refractivity contribution in [2.24, 2.45) is 0 Å². The lowest BCUT2D eigenvalue weighted by molar-refractivity contribution is 0.0527. The maximum Gasteiger partial charge on any atom is 0.341 e. The molecule has 1 heterocycles. The largest absolute Gasteiger partial charge is 0.462 e. The summed E-state index contributed by atoms with van der Waals surface area (Å²) in [7, 11) is 0. The van der Waals surface area contributed by atoms with Crippen LogP contribution in [0.3, 0.4) is 0 Å². The number of nitrogens with zero attached hydrogens (tertiary/aromatic N) is 2. The molecule has 0 radical (unpaired) electrons. The van der Waals surface area contributed by atoms with E-state index < -0.39 is 5.97 Å². The molecule has 0 aliphatic carbocycles. The third-order valence-corrected chi connectivity index (χ3v) is 4.07. The molecule has 0 aliphatic rings. The number of rotatable bonds is 5. The summed E-state index contributed by atoms with van der Waals surface area (Å²) >= 11 is 0. The van der Waals surface area contributed by atoms with Crippen molar-refractivity contribution in [3.05, 3.63) is 65.4 Å². The van der Waals surface area contributed by atoms with E-state index in [1.165, 1.54) is 13.1 Å². The fourth-order valence-corrected chi connectivity index (χ4v) is 2.74. The molecule has 0 saturated heterocycles. The maximum atomic E-state index is 12.4. The molecule has 0 bridgehead atoms. The number of aromatic nitrogens is 1. The molecule has 0 saturated carbocycles. The first kappa shape index (κ1) is 18.1. The van der Waals surface area contributed by atoms with Crippen molar-refractivity contribution in [2.75, 3.05) is 11.9 Å². The van der Waals surface area contributed by atoms with Crippen LogP contribution in [0.25, 0.3) is 10.9 Å². The summed E-state index contributed by atoms with van der Waals surface area (Å²) in [5.41, 5.74) is 2.98. The Labute approximate surface area is 156 Å². The van der Waals surface area contributed by atoms with E-state index in [1.807, 2.05) is 0 Å². The highest BCUT2D eigenvalue weighted by molar-refractivity contribution is 6.07. The van der Waals surface area contributed by atoms with Crippen LogP contribution in [-0.2, 0) is 4.74 Å². The van der Waals surface area contributed by atoms with Crippen molar-refractivity contribution in [2.45, 2.75) is 13.8 Å². The second kappa shape index (κ2) is 7.67. The second-order valence-corrected chi connectivity index (χ2v) is 5.84. The van der Waals surface area contributed by atoms with Gasteiger partial charge in [0.15, 0.2) is 5.78 Å². The first-order valence-electron chi connectivity index (χ1n) is 8.42. The van der Waals surface area contributed by atoms with Gasteiger partial charge in [-0.3, -0.25) is 9.78 Å². The van der Waals surface area contributed by atoms with Gasteiger partial charge in [-0.15, -0.1) is 0 Å². The van der Waals surface area contributed by atoms with Crippen molar-refractivity contribution >= 4 is 34.0 Å². The van der Waals surface area contributed by atoms with Gasteiger partial charge in [0.2, 0.25) is 0 Å². The number of hydrogen-bond donors (Lipinski definition) is 1. The average molecular weight is 359 g/mol. The molecule has 1 N–H and O–H groups in total. The molecule has 0 spiro atoms. The van der Waals surface area contributed by atoms with Gasteiger partial charge >= 0.3 is 5.97 Å². The molecule has 0 fully saturated rings. The van der Waals surface area contributed by atoms with Crippen LogP contribution in [0.1, 0.15) is 40.1 Å². The Morgan fingerprint density at radius 3 is 2.56 bits per heavy atom. The van der Waals surface area contributed by atoms with Crippen molar-refractivity contribution in [1.29, 1.82) is 5.26 Å². The van der Waals surface area contributed by atoms with Gasteiger partial charge < -0.3 is 10.1 Å². The van der Waals surface area contributed by atoms with Crippen LogP contribution in [0.15, 0.2) is 48.7 Å². The number of fused-ring (bicyclic) bond motifs is 1. The number of Topliss-reactive ketones (excluding diaryl/α,β-unsaturated/α-hetero) is 1. The number of anilines is 2. The molecular weight excluding hydrogens is 342 g/mol. The van der Waals surface area contributed by atoms with E-state index in [9.17, 15) is 14.9 Å². The summed E-state index contributed by atoms with van der Waals surface area (Å²) in [4.78, 5) is 28.1. The van der Waals surface area contributed by atoms with Gasteiger partial charge in [0, 0.05) is 22.8 Å². The first-order valence-corrected chi connectivity index (χ1v) is 8.42. The normalized spacial score (nSPS) is 10.3. The number of ether oxygens (including phenoxy) is 1. The van der Waals surface area contributed by atoms with Crippen LogP contribution in [0, 0.1) is 11.3 Å². The van der Waals surface area contributed by atoms with E-state index in [1.54, 1.807) is 49.4 Å². The van der Waals surface area contributed by atoms with Crippen LogP contribution >= 0.6 is 0 Å². The summed E-state index contributed by atoms with van der Waals surface area (Å²) in [6.07, 6.45) is 1.41. The van der Waals surface area contributed by atoms with Crippen LogP contribution < -0.4 is 5.32 Å². The van der Waals surface area contributed by atoms with E-state index in [-0.39, 0.29) is 18.0 Å². The monoisotopic (exact) mass is 359 g/mol. The molecule has 0 aliphatic heterocycles. The van der Waals surface area contributed by atoms with Gasteiger partial charge in [-0.05, 0) is 44.2 Å². The number of para-hydroxylation sites is 1. The quantitative estimate of drug-likeness (QED) is 0.541. The lowest BCUT2D eigenvalue weighted by atomic mass is 10.1. The topological polar surface area (TPSA) is 92.1 Å². The zero-order valence-electron chi connectivity index (χ0n) is 14.9. The summed E-state index contributed by atoms with van der Waals surface area (Å²) < 4.78 is 5.13. The number of carbonyl (C=O) groups is 2. The number of carbonyl (C=O) groups excluding carboxylic acids is 2. The molecule has 0 atom stereocenters. The molecule has 134 valence electrons. The second-order valence-electron chi connectivity index (χ2n) is 5.84. The van der Waals surface area contributed by atoms with Crippen molar-refractivity contribution in [3.63, 3.8) is 0 Å². The predicted molar refractivity (Wildman–Crippen MR) is 102 cm³/mol. The highest BCUT2D eigenvalue weighted by Crippen LogP contribution is 2.31. The fourth-order valence-electron chi connectivity index (χ4n) is 2.74. The fraction of sp³-hybridized carbons (Fsp3) is 0.143. The van der Waals surface area contributed by atoms with Crippen molar-refractivity contribution in [1.82, 2.24) is 4.98 Å². The molecule has 3 aromatic rings. The maximum absolute atomic E-state index is 12.4. The van der Waals surface area contributed by atoms with Gasteiger partial charge in [0.05, 0.1) is 23.4 Å². The Hall–Kier alpha value is -3.72. The standard InChI is InChI=1S/C21H17N3O3/c1-3-27-21(26)18-12-23-19-15(11-22)5-4-6-17(19)20(18)24-16-9-7-14(8-10-16)13(2)25/h4-10,12H,3H2,1-2H3,(H,23,24). The average Bonchev–Trinajstić information content (AvgIpc) is 2.68. The predicted octanol–water partition coefficient (Wildman–Crippen LogP) is 4.23. The Morgan fingerprint density at radius 1 is 1.19 bits per heavy atom. The van der Waals surface area contributed by atoms with Crippen molar-refractivity contribution in [3.8, 4) is 6.07 Å². The van der Waals surface area contributed by atoms with Gasteiger partial charge in [0.25, 0.3) is 0 Å². The summed E-state index contributed by atoms with van der Waals surface area (Å²) in [5, 5.41) is 13.2. The lowest BCUT2D eigenvalue weighted by Gasteiger charge is -2.14. The molecule has 6 heteroatoms. The SMILES string of the molecule is CCOC(=O)c1cnc2c(C#N)cccc2c1Nc1ccc(C(C)=O)cc1. The van der Waals surface area contributed by atoms with Crippen LogP contribution in [0.4, 0.5) is 11.4 Å². The molecule has 0 unspecified atom stereocenters. The summed E-state index contributed by atoms with van der Waals surface area (Å²) in [5.74, 6) is -0.529. The first-order chi connectivity index (χ1) is 13.0. The third-order valence-electron chi connectivity index (χ3n) is 4.07. The number of benzene rings is 2. The minimum atomic E-state index is -0.503. The smallest absolute Gasteiger partial charge is 0.341 e. The number of nitrogens with one attached hydrogen (secondary N) is 1. The van der Waals surface area contributed by atoms with Gasteiger partial charge in [-0.25, -0.2) is 4.79 Å². The van der Waals surface area contributed by atoms with E-state index in [4.69, 9.17) is 4.74 Å². The molecule has 3 rings (SSSR count). The van der Waals surface area contributed by atoms with E-state index >= 15 is 0 Å². The molecule has 27 heavy (non-hydrogen) atoms. The Bertz CT molecular complexity index is 1070. The number of hydrogen-bond acceptors (Lipinski definition) is 6. The minimum absolute atomic E-state index is 0.0261. The van der Waals surface area contributed by atoms with E-state index in [2.05, 4.69) is 16.4 Å². The summed E-state index contributed by atoms with van der Waals surface area (Å²) in [6, 6.07) is 14.2.